The lowest BCUT2D eigenvalue weighted by Gasteiger charge is -2.18. The molecule has 3 N–H and O–H groups in total. The van der Waals surface area contributed by atoms with E-state index in [0.717, 1.165) is 36.0 Å². The molecule has 0 radical (unpaired) electrons. The number of carbonyl (C=O) groups is 2. The van der Waals surface area contributed by atoms with E-state index in [1.807, 2.05) is 12.1 Å². The lowest BCUT2D eigenvalue weighted by atomic mass is 9.85. The number of hydrogen-bond acceptors (Lipinski definition) is 3. The van der Waals surface area contributed by atoms with Crippen molar-refractivity contribution in [1.29, 1.82) is 0 Å². The first kappa shape index (κ1) is 23.8. The highest BCUT2D eigenvalue weighted by atomic mass is 35.5. The van der Waals surface area contributed by atoms with Gasteiger partial charge < -0.3 is 6.15 Å². The lowest BCUT2D eigenvalue weighted by molar-refractivity contribution is 0.0816. The second-order valence-corrected chi connectivity index (χ2v) is 5.74. The van der Waals surface area contributed by atoms with Crippen LogP contribution in [0.2, 0.25) is 0 Å². The molecule has 0 aliphatic carbocycles. The Morgan fingerprint density at radius 3 is 1.96 bits per heavy atom. The molecule has 0 aromatic heterocycles. The number of hydrogen-bond donors (Lipinski definition) is 1. The van der Waals surface area contributed by atoms with Crippen LogP contribution in [0.4, 0.5) is 0 Å². The van der Waals surface area contributed by atoms with Gasteiger partial charge in [-0.15, -0.1) is 12.4 Å². The van der Waals surface area contributed by atoms with Crippen molar-refractivity contribution in [3.63, 3.8) is 0 Å². The zero-order valence-corrected chi connectivity index (χ0v) is 16.6. The summed E-state index contributed by atoms with van der Waals surface area (Å²) in [7, 11) is 0. The number of Topliss-reactive ketones (excluding diaryl/α,β-unsaturated/α-hetero) is 2. The Bertz CT molecular complexity index is 782. The van der Waals surface area contributed by atoms with E-state index in [9.17, 15) is 9.59 Å². The van der Waals surface area contributed by atoms with E-state index < -0.39 is 11.6 Å². The molecule has 0 aliphatic heterocycles. The molecule has 2 aromatic rings. The van der Waals surface area contributed by atoms with Crippen molar-refractivity contribution in [1.82, 2.24) is 6.15 Å². The van der Waals surface area contributed by atoms with Crippen LogP contribution in [0.25, 0.3) is 6.08 Å². The highest BCUT2D eigenvalue weighted by Crippen LogP contribution is 2.27. The highest BCUT2D eigenvalue weighted by molar-refractivity contribution is 6.49. The van der Waals surface area contributed by atoms with Crippen LogP contribution >= 0.6 is 12.4 Å². The first-order valence-electron chi connectivity index (χ1n) is 8.53. The third-order valence-electron chi connectivity index (χ3n) is 4.46. The molecule has 0 bridgehead atoms. The van der Waals surface area contributed by atoms with Gasteiger partial charge in [0.2, 0.25) is 11.6 Å². The topological polar surface area (TPSA) is 69.1 Å². The van der Waals surface area contributed by atoms with Crippen molar-refractivity contribution in [2.45, 2.75) is 40.0 Å². The number of halogens is 1. The molecule has 26 heavy (non-hydrogen) atoms. The van der Waals surface area contributed by atoms with Gasteiger partial charge in [0.25, 0.3) is 0 Å². The maximum atomic E-state index is 12.9. The first-order chi connectivity index (χ1) is 11.6. The van der Waals surface area contributed by atoms with Gasteiger partial charge in [-0.3, -0.25) is 9.59 Å². The number of benzene rings is 2. The number of carbonyl (C=O) groups excluding carboxylic acids is 2. The molecule has 2 rings (SSSR count). The fraction of sp³-hybridized carbons (Fsp3) is 0.273. The molecule has 140 valence electrons. The van der Waals surface area contributed by atoms with Crippen LogP contribution < -0.4 is 6.15 Å². The standard InChI is InChI=1S/C22H24O2.ClH.H3N/c1-5-15-14-20(19(8-4)18(7-3)17(15)6-2)22(24)21(23)16-12-10-9-11-13-16;;/h8-14H,4-7H2,1-3H3;1H;1H3. The SMILES string of the molecule is C=Cc1c(C(=O)C(=O)c2ccccc2)cc(CC)c(CC)c1CC.Cl.N. The zero-order valence-electron chi connectivity index (χ0n) is 15.8. The van der Waals surface area contributed by atoms with Crippen LogP contribution in [0.15, 0.2) is 43.0 Å². The Balaban J connectivity index is 0.00000312. The van der Waals surface area contributed by atoms with Crippen molar-refractivity contribution in [3.05, 3.63) is 76.4 Å². The molecule has 0 amide bonds. The summed E-state index contributed by atoms with van der Waals surface area (Å²) in [5, 5.41) is 0. The average Bonchev–Trinajstić information content (AvgIpc) is 2.65. The van der Waals surface area contributed by atoms with Gasteiger partial charge in [-0.1, -0.05) is 63.8 Å². The Kier molecular flexibility index (Phi) is 9.77. The minimum Gasteiger partial charge on any atom is -0.344 e. The van der Waals surface area contributed by atoms with Crippen molar-refractivity contribution < 1.29 is 9.59 Å². The molecule has 0 fully saturated rings. The number of aryl methyl sites for hydroxylation is 1. The fourth-order valence-corrected chi connectivity index (χ4v) is 3.28. The van der Waals surface area contributed by atoms with E-state index in [2.05, 4.69) is 27.4 Å². The van der Waals surface area contributed by atoms with Crippen LogP contribution in [0.1, 0.15) is 63.7 Å². The van der Waals surface area contributed by atoms with Gasteiger partial charge in [0, 0.05) is 11.1 Å². The summed E-state index contributed by atoms with van der Waals surface area (Å²) >= 11 is 0. The molecular weight excluding hydrogens is 346 g/mol. The van der Waals surface area contributed by atoms with Crippen LogP contribution in [0.3, 0.4) is 0 Å². The first-order valence-corrected chi connectivity index (χ1v) is 8.53. The summed E-state index contributed by atoms with van der Waals surface area (Å²) in [6.45, 7) is 10.2. The molecule has 4 heteroatoms. The molecule has 0 saturated heterocycles. The van der Waals surface area contributed by atoms with E-state index >= 15 is 0 Å². The third-order valence-corrected chi connectivity index (χ3v) is 4.46. The molecule has 2 aromatic carbocycles. The van der Waals surface area contributed by atoms with Gasteiger partial charge in [-0.25, -0.2) is 0 Å². The maximum Gasteiger partial charge on any atom is 0.234 e. The van der Waals surface area contributed by atoms with E-state index in [0.29, 0.717) is 11.1 Å². The van der Waals surface area contributed by atoms with E-state index in [1.54, 1.807) is 30.3 Å². The van der Waals surface area contributed by atoms with E-state index in [4.69, 9.17) is 0 Å². The van der Waals surface area contributed by atoms with Crippen LogP contribution in [-0.2, 0) is 19.3 Å². The zero-order chi connectivity index (χ0) is 17.7. The van der Waals surface area contributed by atoms with Gasteiger partial charge in [0.15, 0.2) is 0 Å². The molecule has 0 spiro atoms. The molecule has 0 saturated carbocycles. The maximum absolute atomic E-state index is 12.9. The largest absolute Gasteiger partial charge is 0.344 e. The fourth-order valence-electron chi connectivity index (χ4n) is 3.28. The molecular formula is C22H28ClNO2. The Morgan fingerprint density at radius 1 is 0.923 bits per heavy atom. The quantitative estimate of drug-likeness (QED) is 0.502. The molecule has 0 heterocycles. The van der Waals surface area contributed by atoms with Crippen molar-refractivity contribution >= 4 is 30.0 Å². The lowest BCUT2D eigenvalue weighted by Crippen LogP contribution is -2.18. The van der Waals surface area contributed by atoms with Crippen molar-refractivity contribution in [2.75, 3.05) is 0 Å². The van der Waals surface area contributed by atoms with E-state index in [1.165, 1.54) is 5.56 Å². The summed E-state index contributed by atoms with van der Waals surface area (Å²) in [5.74, 6) is -0.921. The van der Waals surface area contributed by atoms with Crippen molar-refractivity contribution in [2.24, 2.45) is 0 Å². The third kappa shape index (κ3) is 4.48. The molecule has 0 aliphatic rings. The molecule has 0 unspecified atom stereocenters. The summed E-state index contributed by atoms with van der Waals surface area (Å²) in [6.07, 6.45) is 4.28. The highest BCUT2D eigenvalue weighted by Gasteiger charge is 2.23. The second kappa shape index (κ2) is 10.7. The van der Waals surface area contributed by atoms with Crippen molar-refractivity contribution in [3.8, 4) is 0 Å². The molecule has 3 nitrogen and oxygen atoms in total. The smallest absolute Gasteiger partial charge is 0.234 e. The Labute approximate surface area is 162 Å². The summed E-state index contributed by atoms with van der Waals surface area (Å²) in [4.78, 5) is 25.4. The Morgan fingerprint density at radius 2 is 1.50 bits per heavy atom. The van der Waals surface area contributed by atoms with Crippen LogP contribution in [0, 0.1) is 0 Å². The summed E-state index contributed by atoms with van der Waals surface area (Å²) in [5.41, 5.74) is 5.26. The average molecular weight is 374 g/mol. The molecule has 0 atom stereocenters. The van der Waals surface area contributed by atoms with Gasteiger partial charge in [0.05, 0.1) is 0 Å². The van der Waals surface area contributed by atoms with Crippen LogP contribution in [-0.4, -0.2) is 11.6 Å². The van der Waals surface area contributed by atoms with Gasteiger partial charge >= 0.3 is 0 Å². The summed E-state index contributed by atoms with van der Waals surface area (Å²) < 4.78 is 0. The number of rotatable bonds is 7. The second-order valence-electron chi connectivity index (χ2n) is 5.74. The predicted molar refractivity (Wildman–Crippen MR) is 112 cm³/mol. The Hall–Kier alpha value is -2.23. The monoisotopic (exact) mass is 373 g/mol. The normalized spacial score (nSPS) is 9.65. The number of ketones is 2. The van der Waals surface area contributed by atoms with Gasteiger partial charge in [-0.2, -0.15) is 0 Å². The minimum absolute atomic E-state index is 0. The van der Waals surface area contributed by atoms with Gasteiger partial charge in [-0.05, 0) is 47.6 Å². The summed E-state index contributed by atoms with van der Waals surface area (Å²) in [6, 6.07) is 10.6. The minimum atomic E-state index is -0.466. The van der Waals surface area contributed by atoms with Gasteiger partial charge in [0.1, 0.15) is 0 Å². The van der Waals surface area contributed by atoms with E-state index in [-0.39, 0.29) is 18.6 Å². The van der Waals surface area contributed by atoms with Crippen LogP contribution in [0.5, 0.6) is 0 Å². The predicted octanol–water partition coefficient (Wildman–Crippen LogP) is 5.67.